The van der Waals surface area contributed by atoms with E-state index in [-0.39, 0.29) is 12.1 Å². The van der Waals surface area contributed by atoms with Gasteiger partial charge in [0.2, 0.25) is 0 Å². The van der Waals surface area contributed by atoms with E-state index in [0.29, 0.717) is 6.61 Å². The minimum atomic E-state index is -0.240. The molecule has 0 aromatic heterocycles. The van der Waals surface area contributed by atoms with Gasteiger partial charge in [-0.25, -0.2) is 4.79 Å². The normalized spacial score (nSPS) is 17.5. The maximum absolute atomic E-state index is 10.9. The Morgan fingerprint density at radius 3 is 1.68 bits per heavy atom. The number of alkyl carbamates (subject to hydrolysis) is 1. The van der Waals surface area contributed by atoms with Crippen molar-refractivity contribution >= 4 is 6.09 Å². The van der Waals surface area contributed by atoms with Crippen molar-refractivity contribution in [2.45, 2.75) is 109 Å². The smallest absolute Gasteiger partial charge is 0.407 e. The summed E-state index contributed by atoms with van der Waals surface area (Å²) in [5, 5.41) is 2.84. The van der Waals surface area contributed by atoms with E-state index in [1.807, 2.05) is 0 Å². The third kappa shape index (κ3) is 10.9. The zero-order chi connectivity index (χ0) is 15.9. The fourth-order valence-electron chi connectivity index (χ4n) is 3.17. The molecule has 1 heterocycles. The average Bonchev–Trinajstić information content (AvgIpc) is 2.93. The second kappa shape index (κ2) is 13.9. The molecule has 0 aromatic carbocycles. The fraction of sp³-hybridized carbons (Fsp3) is 0.947. The number of hydrogen-bond donors (Lipinski definition) is 1. The number of nitrogens with one attached hydrogen (secondary N) is 1. The van der Waals surface area contributed by atoms with Gasteiger partial charge in [0.1, 0.15) is 6.61 Å². The predicted octanol–water partition coefficient (Wildman–Crippen LogP) is 5.97. The third-order valence-electron chi connectivity index (χ3n) is 4.64. The minimum Gasteiger partial charge on any atom is -0.447 e. The van der Waals surface area contributed by atoms with Crippen molar-refractivity contribution in [1.29, 1.82) is 0 Å². The van der Waals surface area contributed by atoms with Crippen LogP contribution in [-0.4, -0.2) is 18.7 Å². The zero-order valence-electron chi connectivity index (χ0n) is 14.7. The van der Waals surface area contributed by atoms with Gasteiger partial charge in [0.15, 0.2) is 0 Å². The summed E-state index contributed by atoms with van der Waals surface area (Å²) < 4.78 is 4.89. The van der Waals surface area contributed by atoms with E-state index in [2.05, 4.69) is 12.2 Å². The van der Waals surface area contributed by atoms with Crippen LogP contribution < -0.4 is 5.32 Å². The van der Waals surface area contributed by atoms with Crippen LogP contribution in [0.1, 0.15) is 103 Å². The van der Waals surface area contributed by atoms with Gasteiger partial charge in [-0.15, -0.1) is 0 Å². The van der Waals surface area contributed by atoms with E-state index in [0.717, 1.165) is 6.42 Å². The van der Waals surface area contributed by atoms with E-state index in [1.165, 1.54) is 89.9 Å². The lowest BCUT2D eigenvalue weighted by Gasteiger charge is -2.06. The Bertz CT molecular complexity index is 268. The van der Waals surface area contributed by atoms with E-state index < -0.39 is 0 Å². The van der Waals surface area contributed by atoms with Crippen LogP contribution in [0.2, 0.25) is 0 Å². The number of cyclic esters (lactones) is 1. The van der Waals surface area contributed by atoms with Crippen molar-refractivity contribution in [3.63, 3.8) is 0 Å². The monoisotopic (exact) mass is 311 g/mol. The van der Waals surface area contributed by atoms with Gasteiger partial charge in [-0.05, 0) is 6.42 Å². The Kier molecular flexibility index (Phi) is 12.2. The van der Waals surface area contributed by atoms with Crippen LogP contribution in [0.4, 0.5) is 4.79 Å². The molecule has 0 aromatic rings. The van der Waals surface area contributed by atoms with Gasteiger partial charge < -0.3 is 10.1 Å². The molecule has 0 radical (unpaired) electrons. The van der Waals surface area contributed by atoms with Gasteiger partial charge >= 0.3 is 6.09 Å². The molecule has 130 valence electrons. The van der Waals surface area contributed by atoms with Crippen molar-refractivity contribution < 1.29 is 9.53 Å². The highest BCUT2D eigenvalue weighted by Gasteiger charge is 2.20. The van der Waals surface area contributed by atoms with Crippen molar-refractivity contribution in [2.75, 3.05) is 6.61 Å². The molecule has 3 heteroatoms. The highest BCUT2D eigenvalue weighted by molar-refractivity contribution is 5.69. The standard InChI is InChI=1S/C19H37NO2/c1-2-3-4-5-6-7-8-9-10-11-12-13-14-15-16-18-17-22-19(21)20-18/h18H,2-17H2,1H3,(H,20,21). The summed E-state index contributed by atoms with van der Waals surface area (Å²) in [6, 6.07) is 0.268. The summed E-state index contributed by atoms with van der Waals surface area (Å²) in [5.41, 5.74) is 0. The fourth-order valence-corrected chi connectivity index (χ4v) is 3.17. The molecule has 1 aliphatic rings. The molecule has 1 unspecified atom stereocenters. The topological polar surface area (TPSA) is 38.3 Å². The molecule has 0 aliphatic carbocycles. The molecular weight excluding hydrogens is 274 g/mol. The quantitative estimate of drug-likeness (QED) is 0.379. The summed E-state index contributed by atoms with van der Waals surface area (Å²) in [5.74, 6) is 0. The number of hydrogen-bond acceptors (Lipinski definition) is 2. The van der Waals surface area contributed by atoms with E-state index >= 15 is 0 Å². The number of rotatable bonds is 15. The first-order chi connectivity index (χ1) is 10.8. The molecule has 0 saturated carbocycles. The van der Waals surface area contributed by atoms with Crippen LogP contribution in [0.3, 0.4) is 0 Å². The number of unbranched alkanes of at least 4 members (excludes halogenated alkanes) is 13. The zero-order valence-corrected chi connectivity index (χ0v) is 14.7. The van der Waals surface area contributed by atoms with Crippen molar-refractivity contribution in [3.8, 4) is 0 Å². The summed E-state index contributed by atoms with van der Waals surface area (Å²) in [6.45, 7) is 2.85. The summed E-state index contributed by atoms with van der Waals surface area (Å²) in [7, 11) is 0. The molecule has 1 aliphatic heterocycles. The van der Waals surface area contributed by atoms with Gasteiger partial charge in [0.05, 0.1) is 6.04 Å². The molecule has 1 N–H and O–H groups in total. The van der Waals surface area contributed by atoms with Crippen LogP contribution in [-0.2, 0) is 4.74 Å². The molecule has 1 amide bonds. The maximum atomic E-state index is 10.9. The second-order valence-corrected chi connectivity index (χ2v) is 6.82. The highest BCUT2D eigenvalue weighted by Crippen LogP contribution is 2.14. The SMILES string of the molecule is CCCCCCCCCCCCCCCCC1COC(=O)N1. The van der Waals surface area contributed by atoms with Crippen molar-refractivity contribution in [3.05, 3.63) is 0 Å². The summed E-state index contributed by atoms with van der Waals surface area (Å²) in [6.07, 6.45) is 20.3. The molecule has 22 heavy (non-hydrogen) atoms. The molecule has 1 saturated heterocycles. The highest BCUT2D eigenvalue weighted by atomic mass is 16.6. The lowest BCUT2D eigenvalue weighted by atomic mass is 10.0. The number of amides is 1. The van der Waals surface area contributed by atoms with Gasteiger partial charge in [-0.2, -0.15) is 0 Å². The third-order valence-corrected chi connectivity index (χ3v) is 4.64. The Morgan fingerprint density at radius 1 is 0.818 bits per heavy atom. The van der Waals surface area contributed by atoms with E-state index in [1.54, 1.807) is 0 Å². The maximum Gasteiger partial charge on any atom is 0.407 e. The van der Waals surface area contributed by atoms with Gasteiger partial charge in [-0.1, -0.05) is 96.8 Å². The number of carbonyl (C=O) groups is 1. The molecule has 3 nitrogen and oxygen atoms in total. The lowest BCUT2D eigenvalue weighted by Crippen LogP contribution is -2.25. The molecule has 1 atom stereocenters. The first kappa shape index (κ1) is 19.3. The summed E-state index contributed by atoms with van der Waals surface area (Å²) in [4.78, 5) is 10.9. The lowest BCUT2D eigenvalue weighted by molar-refractivity contribution is 0.176. The largest absolute Gasteiger partial charge is 0.447 e. The van der Waals surface area contributed by atoms with Crippen LogP contribution in [0.25, 0.3) is 0 Å². The number of ether oxygens (including phenoxy) is 1. The number of carbonyl (C=O) groups excluding carboxylic acids is 1. The minimum absolute atomic E-state index is 0.240. The van der Waals surface area contributed by atoms with Gasteiger partial charge in [0.25, 0.3) is 0 Å². The van der Waals surface area contributed by atoms with Gasteiger partial charge in [0, 0.05) is 0 Å². The average molecular weight is 312 g/mol. The van der Waals surface area contributed by atoms with Crippen molar-refractivity contribution in [2.24, 2.45) is 0 Å². The first-order valence-electron chi connectivity index (χ1n) is 9.76. The summed E-state index contributed by atoms with van der Waals surface area (Å²) >= 11 is 0. The Hall–Kier alpha value is -0.730. The molecule has 1 rings (SSSR count). The van der Waals surface area contributed by atoms with Crippen molar-refractivity contribution in [1.82, 2.24) is 5.32 Å². The Labute approximate surface area is 137 Å². The van der Waals surface area contributed by atoms with Crippen LogP contribution in [0.15, 0.2) is 0 Å². The molecule has 0 spiro atoms. The Morgan fingerprint density at radius 2 is 1.27 bits per heavy atom. The molecule has 0 bridgehead atoms. The Balaban J connectivity index is 1.69. The first-order valence-corrected chi connectivity index (χ1v) is 9.76. The van der Waals surface area contributed by atoms with E-state index in [4.69, 9.17) is 4.74 Å². The predicted molar refractivity (Wildman–Crippen MR) is 93.2 cm³/mol. The van der Waals surface area contributed by atoms with E-state index in [9.17, 15) is 4.79 Å². The van der Waals surface area contributed by atoms with Crippen LogP contribution in [0.5, 0.6) is 0 Å². The molecular formula is C19H37NO2. The second-order valence-electron chi connectivity index (χ2n) is 6.82. The van der Waals surface area contributed by atoms with Crippen LogP contribution in [0, 0.1) is 0 Å². The van der Waals surface area contributed by atoms with Crippen LogP contribution >= 0.6 is 0 Å². The molecule has 1 fully saturated rings. The van der Waals surface area contributed by atoms with Gasteiger partial charge in [-0.3, -0.25) is 0 Å².